The molecule has 1 amide bonds. The van der Waals surface area contributed by atoms with Gasteiger partial charge in [-0.05, 0) is 32.9 Å². The number of nitrogens with one attached hydrogen (secondary N) is 1. The molecular weight excluding hydrogens is 225 g/mol. The van der Waals surface area contributed by atoms with Crippen molar-refractivity contribution in [2.45, 2.75) is 26.3 Å². The zero-order chi connectivity index (χ0) is 13.2. The summed E-state index contributed by atoms with van der Waals surface area (Å²) in [6.45, 7) is 4.39. The number of carbonyl (C=O) groups is 2. The average molecular weight is 239 g/mol. The second-order valence-electron chi connectivity index (χ2n) is 4.37. The van der Waals surface area contributed by atoms with E-state index in [1.165, 1.54) is 32.0 Å². The van der Waals surface area contributed by atoms with Crippen molar-refractivity contribution >= 4 is 11.9 Å². The summed E-state index contributed by atoms with van der Waals surface area (Å²) in [5.41, 5.74) is -0.864. The van der Waals surface area contributed by atoms with E-state index < -0.39 is 23.2 Å². The van der Waals surface area contributed by atoms with E-state index in [9.17, 15) is 14.0 Å². The molecule has 0 radical (unpaired) electrons. The van der Waals surface area contributed by atoms with E-state index in [0.29, 0.717) is 0 Å². The Balaban J connectivity index is 2.98. The van der Waals surface area contributed by atoms with Gasteiger partial charge >= 0.3 is 5.97 Å². The number of carboxylic acids is 1. The van der Waals surface area contributed by atoms with E-state index in [0.717, 1.165) is 5.56 Å². The van der Waals surface area contributed by atoms with Gasteiger partial charge in [0, 0.05) is 0 Å². The van der Waals surface area contributed by atoms with Gasteiger partial charge in [0.2, 0.25) is 0 Å². The SMILES string of the molecule is Cc1ccc(F)c(C(=O)NC(C)(C)C(=O)O)c1. The molecular formula is C12H14FNO3. The van der Waals surface area contributed by atoms with Gasteiger partial charge in [-0.3, -0.25) is 4.79 Å². The first kappa shape index (κ1) is 13.2. The molecule has 0 aliphatic carbocycles. The lowest BCUT2D eigenvalue weighted by molar-refractivity contribution is -0.143. The van der Waals surface area contributed by atoms with E-state index in [-0.39, 0.29) is 5.56 Å². The molecule has 0 aromatic heterocycles. The maximum Gasteiger partial charge on any atom is 0.328 e. The third-order valence-electron chi connectivity index (χ3n) is 2.33. The van der Waals surface area contributed by atoms with Crippen LogP contribution in [0.3, 0.4) is 0 Å². The Hall–Kier alpha value is -1.91. The van der Waals surface area contributed by atoms with Crippen molar-refractivity contribution in [1.29, 1.82) is 0 Å². The van der Waals surface area contributed by atoms with Crippen molar-refractivity contribution in [2.24, 2.45) is 0 Å². The van der Waals surface area contributed by atoms with Crippen LogP contribution in [-0.4, -0.2) is 22.5 Å². The molecule has 0 unspecified atom stereocenters. The summed E-state index contributed by atoms with van der Waals surface area (Å²) in [4.78, 5) is 22.6. The first-order valence-corrected chi connectivity index (χ1v) is 5.06. The van der Waals surface area contributed by atoms with Crippen LogP contribution in [0.25, 0.3) is 0 Å². The Morgan fingerprint density at radius 2 is 1.94 bits per heavy atom. The second-order valence-corrected chi connectivity index (χ2v) is 4.37. The summed E-state index contributed by atoms with van der Waals surface area (Å²) in [5, 5.41) is 11.1. The van der Waals surface area contributed by atoms with Crippen molar-refractivity contribution in [1.82, 2.24) is 5.32 Å². The predicted molar refractivity (Wildman–Crippen MR) is 60.3 cm³/mol. The lowest BCUT2D eigenvalue weighted by Gasteiger charge is -2.21. The fraction of sp³-hybridized carbons (Fsp3) is 0.333. The Morgan fingerprint density at radius 3 is 2.47 bits per heavy atom. The van der Waals surface area contributed by atoms with Crippen LogP contribution in [0, 0.1) is 12.7 Å². The number of aryl methyl sites for hydroxylation is 1. The first-order valence-electron chi connectivity index (χ1n) is 5.06. The fourth-order valence-corrected chi connectivity index (χ4v) is 1.22. The van der Waals surface area contributed by atoms with E-state index in [1.54, 1.807) is 6.92 Å². The van der Waals surface area contributed by atoms with Crippen molar-refractivity contribution in [3.8, 4) is 0 Å². The summed E-state index contributed by atoms with van der Waals surface area (Å²) in [6, 6.07) is 4.09. The lowest BCUT2D eigenvalue weighted by atomic mass is 10.0. The minimum atomic E-state index is -1.44. The van der Waals surface area contributed by atoms with Gasteiger partial charge in [-0.15, -0.1) is 0 Å². The molecule has 92 valence electrons. The molecule has 4 nitrogen and oxygen atoms in total. The molecule has 0 atom stereocenters. The molecule has 5 heteroatoms. The van der Waals surface area contributed by atoms with Gasteiger partial charge in [-0.25, -0.2) is 9.18 Å². The monoisotopic (exact) mass is 239 g/mol. The van der Waals surface area contributed by atoms with Crippen molar-refractivity contribution in [3.05, 3.63) is 35.1 Å². The molecule has 17 heavy (non-hydrogen) atoms. The molecule has 0 fully saturated rings. The van der Waals surface area contributed by atoms with Crippen LogP contribution in [0.1, 0.15) is 29.8 Å². The number of carbonyl (C=O) groups excluding carboxylic acids is 1. The number of hydrogen-bond donors (Lipinski definition) is 2. The number of hydrogen-bond acceptors (Lipinski definition) is 2. The van der Waals surface area contributed by atoms with Crippen LogP contribution in [0.4, 0.5) is 4.39 Å². The van der Waals surface area contributed by atoms with Crippen molar-refractivity contribution < 1.29 is 19.1 Å². The molecule has 0 saturated carbocycles. The molecule has 2 N–H and O–H groups in total. The van der Waals surface area contributed by atoms with E-state index in [1.807, 2.05) is 0 Å². The highest BCUT2D eigenvalue weighted by molar-refractivity contribution is 5.97. The highest BCUT2D eigenvalue weighted by atomic mass is 19.1. The Labute approximate surface area is 98.5 Å². The summed E-state index contributed by atoms with van der Waals surface area (Å²) in [5.74, 6) is -2.59. The van der Waals surface area contributed by atoms with Crippen LogP contribution in [-0.2, 0) is 4.79 Å². The molecule has 0 heterocycles. The van der Waals surface area contributed by atoms with Gasteiger partial charge in [0.1, 0.15) is 11.4 Å². The Kier molecular flexibility index (Phi) is 3.50. The van der Waals surface area contributed by atoms with Crippen LogP contribution in [0.15, 0.2) is 18.2 Å². The van der Waals surface area contributed by atoms with Gasteiger partial charge in [0.25, 0.3) is 5.91 Å². The van der Waals surface area contributed by atoms with Gasteiger partial charge in [-0.2, -0.15) is 0 Å². The van der Waals surface area contributed by atoms with E-state index in [2.05, 4.69) is 5.32 Å². The summed E-state index contributed by atoms with van der Waals surface area (Å²) < 4.78 is 13.4. The third-order valence-corrected chi connectivity index (χ3v) is 2.33. The normalized spacial score (nSPS) is 11.1. The molecule has 0 aliphatic heterocycles. The number of carboxylic acid groups (broad SMARTS) is 1. The number of aliphatic carboxylic acids is 1. The molecule has 0 spiro atoms. The summed E-state index contributed by atoms with van der Waals surface area (Å²) in [7, 11) is 0. The number of rotatable bonds is 3. The molecule has 1 rings (SSSR count). The third kappa shape index (κ3) is 3.03. The Morgan fingerprint density at radius 1 is 1.35 bits per heavy atom. The lowest BCUT2D eigenvalue weighted by Crippen LogP contribution is -2.49. The zero-order valence-electron chi connectivity index (χ0n) is 9.87. The fourth-order valence-electron chi connectivity index (χ4n) is 1.22. The molecule has 0 bridgehead atoms. The quantitative estimate of drug-likeness (QED) is 0.844. The smallest absolute Gasteiger partial charge is 0.328 e. The largest absolute Gasteiger partial charge is 0.480 e. The predicted octanol–water partition coefficient (Wildman–Crippen LogP) is 1.73. The Bertz CT molecular complexity index is 469. The maximum absolute atomic E-state index is 13.4. The average Bonchev–Trinajstić information content (AvgIpc) is 2.20. The number of amides is 1. The highest BCUT2D eigenvalue weighted by Gasteiger charge is 2.30. The van der Waals surface area contributed by atoms with Crippen LogP contribution in [0.2, 0.25) is 0 Å². The standard InChI is InChI=1S/C12H14FNO3/c1-7-4-5-9(13)8(6-7)10(15)14-12(2,3)11(16)17/h4-6H,1-3H3,(H,14,15)(H,16,17). The van der Waals surface area contributed by atoms with Crippen LogP contribution in [0.5, 0.6) is 0 Å². The number of halogens is 1. The van der Waals surface area contributed by atoms with Crippen molar-refractivity contribution in [2.75, 3.05) is 0 Å². The molecule has 1 aromatic carbocycles. The first-order chi connectivity index (χ1) is 7.74. The van der Waals surface area contributed by atoms with Crippen LogP contribution < -0.4 is 5.32 Å². The zero-order valence-corrected chi connectivity index (χ0v) is 9.87. The minimum absolute atomic E-state index is 0.153. The van der Waals surface area contributed by atoms with Crippen LogP contribution >= 0.6 is 0 Å². The molecule has 0 aliphatic rings. The van der Waals surface area contributed by atoms with E-state index >= 15 is 0 Å². The van der Waals surface area contributed by atoms with Gasteiger partial charge in [0.15, 0.2) is 0 Å². The minimum Gasteiger partial charge on any atom is -0.480 e. The topological polar surface area (TPSA) is 66.4 Å². The molecule has 1 aromatic rings. The maximum atomic E-state index is 13.4. The second kappa shape index (κ2) is 4.53. The van der Waals surface area contributed by atoms with Crippen molar-refractivity contribution in [3.63, 3.8) is 0 Å². The highest BCUT2D eigenvalue weighted by Crippen LogP contribution is 2.12. The summed E-state index contributed by atoms with van der Waals surface area (Å²) in [6.07, 6.45) is 0. The van der Waals surface area contributed by atoms with E-state index in [4.69, 9.17) is 5.11 Å². The van der Waals surface area contributed by atoms with Gasteiger partial charge in [0.05, 0.1) is 5.56 Å². The van der Waals surface area contributed by atoms with Gasteiger partial charge < -0.3 is 10.4 Å². The number of benzene rings is 1. The van der Waals surface area contributed by atoms with Gasteiger partial charge in [-0.1, -0.05) is 11.6 Å². The summed E-state index contributed by atoms with van der Waals surface area (Å²) >= 11 is 0. The molecule has 0 saturated heterocycles.